The highest BCUT2D eigenvalue weighted by atomic mass is 32.2. The number of nitrogens with one attached hydrogen (secondary N) is 1. The second kappa shape index (κ2) is 10.3. The summed E-state index contributed by atoms with van der Waals surface area (Å²) in [6, 6.07) is 13.4. The van der Waals surface area contributed by atoms with Crippen LogP contribution in [-0.2, 0) is 27.4 Å². The van der Waals surface area contributed by atoms with Crippen LogP contribution in [0.5, 0.6) is 0 Å². The van der Waals surface area contributed by atoms with Crippen molar-refractivity contribution in [2.45, 2.75) is 37.1 Å². The van der Waals surface area contributed by atoms with Gasteiger partial charge in [-0.25, -0.2) is 4.79 Å². The molecule has 1 aromatic heterocycles. The molecule has 164 valence electrons. The number of benzene rings is 2. The summed E-state index contributed by atoms with van der Waals surface area (Å²) >= 11 is 0.313. The van der Waals surface area contributed by atoms with Crippen LogP contribution in [-0.4, -0.2) is 33.4 Å². The van der Waals surface area contributed by atoms with Gasteiger partial charge in [0.25, 0.3) is 11.7 Å². The minimum atomic E-state index is -2.63. The van der Waals surface area contributed by atoms with Crippen molar-refractivity contribution >= 4 is 40.4 Å². The predicted octanol–water partition coefficient (Wildman–Crippen LogP) is 3.71. The van der Waals surface area contributed by atoms with E-state index in [1.54, 1.807) is 22.8 Å². The number of fused-ring (bicyclic) bond motifs is 1. The van der Waals surface area contributed by atoms with Crippen molar-refractivity contribution in [3.63, 3.8) is 0 Å². The van der Waals surface area contributed by atoms with Crippen LogP contribution in [0.15, 0.2) is 58.2 Å². The fraction of sp³-hybridized carbons (Fsp3) is 0.286. The molecule has 0 aliphatic rings. The number of alkyl halides is 2. The molecule has 31 heavy (non-hydrogen) atoms. The standard InChI is InChI=1S/C21H21F2N3O4S/c1-2-25-15-8-4-5-9-16(15)26(21(25)29)12-11-19(28)30-13-18(27)24-14-7-3-6-10-17(14)31-20(22)23/h3-10,20H,2,11-13H2,1H3,(H,24,27). The molecule has 0 atom stereocenters. The van der Waals surface area contributed by atoms with Gasteiger partial charge in [-0.15, -0.1) is 0 Å². The Balaban J connectivity index is 1.56. The highest BCUT2D eigenvalue weighted by Gasteiger charge is 2.15. The smallest absolute Gasteiger partial charge is 0.329 e. The number of aromatic nitrogens is 2. The predicted molar refractivity (Wildman–Crippen MR) is 114 cm³/mol. The SMILES string of the molecule is CCn1c(=O)n(CCC(=O)OCC(=O)Nc2ccccc2SC(F)F)c2ccccc21. The number of ether oxygens (including phenoxy) is 1. The van der Waals surface area contributed by atoms with Crippen LogP contribution in [0.25, 0.3) is 11.0 Å². The van der Waals surface area contributed by atoms with Gasteiger partial charge in [0.15, 0.2) is 6.61 Å². The quantitative estimate of drug-likeness (QED) is 0.398. The molecular weight excluding hydrogens is 428 g/mol. The topological polar surface area (TPSA) is 82.3 Å². The first kappa shape index (κ1) is 22.5. The summed E-state index contributed by atoms with van der Waals surface area (Å²) in [5, 5.41) is 2.46. The zero-order chi connectivity index (χ0) is 22.4. The number of rotatable bonds is 9. The molecule has 0 spiro atoms. The van der Waals surface area contributed by atoms with E-state index in [4.69, 9.17) is 4.74 Å². The molecule has 3 rings (SSSR count). The third-order valence-electron chi connectivity index (χ3n) is 4.52. The lowest BCUT2D eigenvalue weighted by atomic mass is 10.3. The van der Waals surface area contributed by atoms with E-state index in [1.165, 1.54) is 16.7 Å². The number of amides is 1. The van der Waals surface area contributed by atoms with Crippen LogP contribution >= 0.6 is 11.8 Å². The molecule has 0 fully saturated rings. The maximum atomic E-state index is 12.6. The Morgan fingerprint density at radius 2 is 1.71 bits per heavy atom. The first-order valence-corrected chi connectivity index (χ1v) is 10.5. The summed E-state index contributed by atoms with van der Waals surface area (Å²) < 4.78 is 33.3. The molecule has 1 amide bonds. The number of aryl methyl sites for hydroxylation is 2. The fourth-order valence-electron chi connectivity index (χ4n) is 3.17. The number of hydrogen-bond acceptors (Lipinski definition) is 5. The second-order valence-corrected chi connectivity index (χ2v) is 7.53. The van der Waals surface area contributed by atoms with E-state index in [2.05, 4.69) is 5.32 Å². The average molecular weight is 449 g/mol. The van der Waals surface area contributed by atoms with Crippen LogP contribution in [0.3, 0.4) is 0 Å². The van der Waals surface area contributed by atoms with Crippen LogP contribution in [0.4, 0.5) is 14.5 Å². The van der Waals surface area contributed by atoms with Crippen molar-refractivity contribution in [3.8, 4) is 0 Å². The Kier molecular flexibility index (Phi) is 7.45. The number of nitrogens with zero attached hydrogens (tertiary/aromatic N) is 2. The Morgan fingerprint density at radius 1 is 1.06 bits per heavy atom. The van der Waals surface area contributed by atoms with E-state index in [1.807, 2.05) is 25.1 Å². The summed E-state index contributed by atoms with van der Waals surface area (Å²) in [5.74, 6) is -3.92. The summed E-state index contributed by atoms with van der Waals surface area (Å²) in [7, 11) is 0. The third kappa shape index (κ3) is 5.52. The Labute approximate surface area is 181 Å². The van der Waals surface area contributed by atoms with Gasteiger partial charge in [0.2, 0.25) is 0 Å². The first-order valence-electron chi connectivity index (χ1n) is 9.58. The number of imidazole rings is 1. The van der Waals surface area contributed by atoms with Gasteiger partial charge in [-0.05, 0) is 31.2 Å². The molecule has 0 bridgehead atoms. The minimum Gasteiger partial charge on any atom is -0.456 e. The summed E-state index contributed by atoms with van der Waals surface area (Å²) in [5.41, 5.74) is 1.49. The molecule has 0 aliphatic carbocycles. The number of hydrogen-bond donors (Lipinski definition) is 1. The maximum Gasteiger partial charge on any atom is 0.329 e. The lowest BCUT2D eigenvalue weighted by molar-refractivity contribution is -0.147. The first-order chi connectivity index (χ1) is 14.9. The lowest BCUT2D eigenvalue weighted by Gasteiger charge is -2.10. The Hall–Kier alpha value is -3.14. The van der Waals surface area contributed by atoms with Gasteiger partial charge >= 0.3 is 11.7 Å². The van der Waals surface area contributed by atoms with Crippen molar-refractivity contribution in [2.24, 2.45) is 0 Å². The van der Waals surface area contributed by atoms with E-state index in [9.17, 15) is 23.2 Å². The molecule has 0 radical (unpaired) electrons. The largest absolute Gasteiger partial charge is 0.456 e. The van der Waals surface area contributed by atoms with Crippen LogP contribution < -0.4 is 11.0 Å². The number of halogens is 2. The summed E-state index contributed by atoms with van der Waals surface area (Å²) in [6.45, 7) is 1.92. The van der Waals surface area contributed by atoms with Crippen LogP contribution in [0.1, 0.15) is 13.3 Å². The van der Waals surface area contributed by atoms with E-state index in [0.29, 0.717) is 23.8 Å². The molecule has 10 heteroatoms. The average Bonchev–Trinajstić information content (AvgIpc) is 3.02. The lowest BCUT2D eigenvalue weighted by Crippen LogP contribution is -2.26. The maximum absolute atomic E-state index is 12.6. The number of carbonyl (C=O) groups is 2. The van der Waals surface area contributed by atoms with Gasteiger partial charge in [0.1, 0.15) is 0 Å². The van der Waals surface area contributed by atoms with Crippen molar-refractivity contribution in [3.05, 3.63) is 59.0 Å². The fourth-order valence-corrected chi connectivity index (χ4v) is 3.77. The number of esters is 1. The van der Waals surface area contributed by atoms with Gasteiger partial charge in [-0.3, -0.25) is 18.7 Å². The molecule has 1 N–H and O–H groups in total. The monoisotopic (exact) mass is 449 g/mol. The van der Waals surface area contributed by atoms with Crippen LogP contribution in [0, 0.1) is 0 Å². The Morgan fingerprint density at radius 3 is 2.39 bits per heavy atom. The van der Waals surface area contributed by atoms with Crippen molar-refractivity contribution in [1.29, 1.82) is 0 Å². The third-order valence-corrected chi connectivity index (χ3v) is 5.31. The van der Waals surface area contributed by atoms with Gasteiger partial charge < -0.3 is 10.1 Å². The molecule has 7 nitrogen and oxygen atoms in total. The van der Waals surface area contributed by atoms with Crippen molar-refractivity contribution in [2.75, 3.05) is 11.9 Å². The molecule has 1 heterocycles. The van der Waals surface area contributed by atoms with E-state index >= 15 is 0 Å². The van der Waals surface area contributed by atoms with Crippen molar-refractivity contribution < 1.29 is 23.1 Å². The molecular formula is C21H21F2N3O4S. The highest BCUT2D eigenvalue weighted by Crippen LogP contribution is 2.31. The highest BCUT2D eigenvalue weighted by molar-refractivity contribution is 7.99. The van der Waals surface area contributed by atoms with E-state index in [-0.39, 0.29) is 29.2 Å². The van der Waals surface area contributed by atoms with Gasteiger partial charge in [0, 0.05) is 18.0 Å². The van der Waals surface area contributed by atoms with Gasteiger partial charge in [-0.1, -0.05) is 36.0 Å². The molecule has 0 saturated carbocycles. The second-order valence-electron chi connectivity index (χ2n) is 6.50. The Bertz CT molecular complexity index is 1140. The van der Waals surface area contributed by atoms with E-state index < -0.39 is 24.2 Å². The molecule has 2 aromatic carbocycles. The number of anilines is 1. The van der Waals surface area contributed by atoms with Gasteiger partial charge in [0.05, 0.1) is 23.1 Å². The number of para-hydroxylation sites is 3. The molecule has 3 aromatic rings. The summed E-state index contributed by atoms with van der Waals surface area (Å²) in [6.07, 6.45) is -0.0945. The normalized spacial score (nSPS) is 11.1. The molecule has 0 unspecified atom stereocenters. The van der Waals surface area contributed by atoms with Gasteiger partial charge in [-0.2, -0.15) is 8.78 Å². The zero-order valence-electron chi connectivity index (χ0n) is 16.7. The molecule has 0 saturated heterocycles. The number of carbonyl (C=O) groups excluding carboxylic acids is 2. The molecule has 0 aliphatic heterocycles. The van der Waals surface area contributed by atoms with Crippen LogP contribution in [0.2, 0.25) is 0 Å². The minimum absolute atomic E-state index is 0.0945. The zero-order valence-corrected chi connectivity index (χ0v) is 17.5. The van der Waals surface area contributed by atoms with Crippen molar-refractivity contribution in [1.82, 2.24) is 9.13 Å². The number of thioether (sulfide) groups is 1. The van der Waals surface area contributed by atoms with E-state index in [0.717, 1.165) is 5.52 Å². The summed E-state index contributed by atoms with van der Waals surface area (Å²) in [4.78, 5) is 36.9.